The molecule has 0 aliphatic heterocycles. The molecule has 0 bridgehead atoms. The molecule has 0 amide bonds. The van der Waals surface area contributed by atoms with Crippen LogP contribution in [0, 0.1) is 0 Å². The van der Waals surface area contributed by atoms with Gasteiger partial charge < -0.3 is 9.47 Å². The molecule has 0 aliphatic rings. The van der Waals surface area contributed by atoms with Crippen LogP contribution in [0.25, 0.3) is 0 Å². The van der Waals surface area contributed by atoms with Crippen molar-refractivity contribution in [3.05, 3.63) is 0 Å². The third-order valence-corrected chi connectivity index (χ3v) is 1.37. The van der Waals surface area contributed by atoms with Crippen molar-refractivity contribution in [1.29, 1.82) is 0 Å². The number of carbonyl (C=O) groups excluding carboxylic acids is 2. The molecule has 0 rings (SSSR count). The highest BCUT2D eigenvalue weighted by Crippen LogP contribution is 2.06. The molecule has 0 saturated carbocycles. The predicted octanol–water partition coefficient (Wildman–Crippen LogP) is 1.71. The number of rotatable bonds is 5. The van der Waals surface area contributed by atoms with E-state index in [0.29, 0.717) is 0 Å². The van der Waals surface area contributed by atoms with Crippen LogP contribution in [0.2, 0.25) is 0 Å². The van der Waals surface area contributed by atoms with Gasteiger partial charge in [-0.05, 0) is 34.6 Å². The molecule has 0 saturated heterocycles. The Morgan fingerprint density at radius 3 is 2.13 bits per heavy atom. The minimum Gasteiger partial charge on any atom is -0.463 e. The van der Waals surface area contributed by atoms with Gasteiger partial charge in [-0.1, -0.05) is 0 Å². The summed E-state index contributed by atoms with van der Waals surface area (Å²) in [6.07, 6.45) is -0.400. The van der Waals surface area contributed by atoms with E-state index < -0.39 is 5.97 Å². The molecule has 0 atom stereocenters. The monoisotopic (exact) mass is 216 g/mol. The highest BCUT2D eigenvalue weighted by molar-refractivity contribution is 5.96. The molecule has 4 nitrogen and oxygen atoms in total. The van der Waals surface area contributed by atoms with E-state index in [1.165, 1.54) is 0 Å². The van der Waals surface area contributed by atoms with Crippen molar-refractivity contribution in [2.24, 2.45) is 0 Å². The molecular weight excluding hydrogens is 196 g/mol. The molecule has 0 aromatic carbocycles. The van der Waals surface area contributed by atoms with Gasteiger partial charge in [0.1, 0.15) is 13.0 Å². The minimum absolute atomic E-state index is 0.0449. The largest absolute Gasteiger partial charge is 0.463 e. The van der Waals surface area contributed by atoms with E-state index in [1.807, 2.05) is 20.8 Å². The average Bonchev–Trinajstić information content (AvgIpc) is 1.97. The van der Waals surface area contributed by atoms with Crippen molar-refractivity contribution < 1.29 is 19.1 Å². The van der Waals surface area contributed by atoms with Crippen LogP contribution in [0.1, 0.15) is 41.0 Å². The summed E-state index contributed by atoms with van der Waals surface area (Å²) in [7, 11) is 0. The summed E-state index contributed by atoms with van der Waals surface area (Å²) < 4.78 is 10.1. The van der Waals surface area contributed by atoms with Gasteiger partial charge in [-0.2, -0.15) is 0 Å². The molecule has 0 aromatic rings. The molecule has 0 N–H and O–H groups in total. The summed E-state index contributed by atoms with van der Waals surface area (Å²) in [5, 5.41) is 0. The molecule has 0 aromatic heterocycles. The number of carbonyl (C=O) groups is 2. The maximum absolute atomic E-state index is 11.3. The van der Waals surface area contributed by atoms with Crippen LogP contribution in [0.4, 0.5) is 0 Å². The summed E-state index contributed by atoms with van der Waals surface area (Å²) in [6, 6.07) is 0. The zero-order chi connectivity index (χ0) is 12.1. The van der Waals surface area contributed by atoms with E-state index >= 15 is 0 Å². The second-order valence-electron chi connectivity index (χ2n) is 4.66. The van der Waals surface area contributed by atoms with E-state index in [4.69, 9.17) is 9.47 Å². The van der Waals surface area contributed by atoms with Gasteiger partial charge in [0, 0.05) is 0 Å². The molecule has 0 radical (unpaired) electrons. The maximum Gasteiger partial charge on any atom is 0.313 e. The van der Waals surface area contributed by atoms with E-state index in [2.05, 4.69) is 0 Å². The highest BCUT2D eigenvalue weighted by atomic mass is 16.5. The number of hydrogen-bond donors (Lipinski definition) is 0. The van der Waals surface area contributed by atoms with Gasteiger partial charge in [0.25, 0.3) is 0 Å². The van der Waals surface area contributed by atoms with Crippen LogP contribution < -0.4 is 0 Å². The van der Waals surface area contributed by atoms with Gasteiger partial charge in [-0.25, -0.2) is 0 Å². The summed E-state index contributed by atoms with van der Waals surface area (Å²) >= 11 is 0. The highest BCUT2D eigenvalue weighted by Gasteiger charge is 2.16. The fourth-order valence-electron chi connectivity index (χ4n) is 0.814. The first-order valence-corrected chi connectivity index (χ1v) is 5.06. The molecule has 0 unspecified atom stereocenters. The Labute approximate surface area is 90.9 Å². The number of esters is 1. The van der Waals surface area contributed by atoms with Crippen LogP contribution in [0.15, 0.2) is 0 Å². The van der Waals surface area contributed by atoms with E-state index in [-0.39, 0.29) is 30.5 Å². The summed E-state index contributed by atoms with van der Waals surface area (Å²) in [6.45, 7) is 9.00. The molecule has 0 spiro atoms. The lowest BCUT2D eigenvalue weighted by Gasteiger charge is -2.18. The predicted molar refractivity (Wildman–Crippen MR) is 56.6 cm³/mol. The fourth-order valence-corrected chi connectivity index (χ4v) is 0.814. The van der Waals surface area contributed by atoms with E-state index in [9.17, 15) is 9.59 Å². The van der Waals surface area contributed by atoms with Crippen molar-refractivity contribution >= 4 is 11.8 Å². The smallest absolute Gasteiger partial charge is 0.313 e. The van der Waals surface area contributed by atoms with Gasteiger partial charge in [0.15, 0.2) is 5.78 Å². The zero-order valence-electron chi connectivity index (χ0n) is 10.1. The fraction of sp³-hybridized carbons (Fsp3) is 0.818. The first-order chi connectivity index (χ1) is 6.70. The van der Waals surface area contributed by atoms with Crippen molar-refractivity contribution in [2.75, 3.05) is 6.61 Å². The van der Waals surface area contributed by atoms with E-state index in [1.54, 1.807) is 13.8 Å². The van der Waals surface area contributed by atoms with Crippen molar-refractivity contribution in [1.82, 2.24) is 0 Å². The van der Waals surface area contributed by atoms with Gasteiger partial charge in [-0.3, -0.25) is 9.59 Å². The second-order valence-corrected chi connectivity index (χ2v) is 4.66. The number of ketones is 1. The van der Waals surface area contributed by atoms with Gasteiger partial charge in [0.05, 0.1) is 11.7 Å². The molecule has 0 aliphatic carbocycles. The van der Waals surface area contributed by atoms with Crippen molar-refractivity contribution in [3.8, 4) is 0 Å². The van der Waals surface area contributed by atoms with Gasteiger partial charge in [-0.15, -0.1) is 0 Å². The molecular formula is C11H20O4. The lowest BCUT2D eigenvalue weighted by Crippen LogP contribution is -2.25. The van der Waals surface area contributed by atoms with Crippen LogP contribution >= 0.6 is 0 Å². The lowest BCUT2D eigenvalue weighted by molar-refractivity contribution is -0.151. The van der Waals surface area contributed by atoms with Crippen molar-refractivity contribution in [3.63, 3.8) is 0 Å². The topological polar surface area (TPSA) is 52.6 Å². The van der Waals surface area contributed by atoms with Gasteiger partial charge >= 0.3 is 5.97 Å². The third kappa shape index (κ3) is 9.41. The Kier molecular flexibility index (Phi) is 5.50. The third-order valence-electron chi connectivity index (χ3n) is 1.37. The van der Waals surface area contributed by atoms with E-state index in [0.717, 1.165) is 0 Å². The summed E-state index contributed by atoms with van der Waals surface area (Å²) in [4.78, 5) is 22.3. The Balaban J connectivity index is 3.80. The maximum atomic E-state index is 11.3. The molecule has 88 valence electrons. The van der Waals surface area contributed by atoms with Crippen LogP contribution in [0.5, 0.6) is 0 Å². The summed E-state index contributed by atoms with van der Waals surface area (Å²) in [5.74, 6) is -0.747. The van der Waals surface area contributed by atoms with Crippen LogP contribution in [-0.2, 0) is 19.1 Å². The SMILES string of the molecule is CC(C)OC(=O)CC(=O)COC(C)(C)C. The minimum atomic E-state index is -0.493. The number of ether oxygens (including phenoxy) is 2. The Bertz CT molecular complexity index is 225. The lowest BCUT2D eigenvalue weighted by atomic mass is 10.2. The molecule has 0 heterocycles. The van der Waals surface area contributed by atoms with Crippen LogP contribution in [-0.4, -0.2) is 30.1 Å². The average molecular weight is 216 g/mol. The summed E-state index contributed by atoms with van der Waals surface area (Å²) in [5.41, 5.74) is -0.363. The Morgan fingerprint density at radius 1 is 1.20 bits per heavy atom. The van der Waals surface area contributed by atoms with Gasteiger partial charge in [0.2, 0.25) is 0 Å². The number of hydrogen-bond acceptors (Lipinski definition) is 4. The first-order valence-electron chi connectivity index (χ1n) is 5.06. The first kappa shape index (κ1) is 14.1. The quantitative estimate of drug-likeness (QED) is 0.518. The zero-order valence-corrected chi connectivity index (χ0v) is 10.1. The molecule has 0 fully saturated rings. The second kappa shape index (κ2) is 5.85. The Hall–Kier alpha value is -0.900. The molecule has 15 heavy (non-hydrogen) atoms. The van der Waals surface area contributed by atoms with Crippen molar-refractivity contribution in [2.45, 2.75) is 52.7 Å². The normalized spacial score (nSPS) is 11.6. The standard InChI is InChI=1S/C11H20O4/c1-8(2)15-10(13)6-9(12)7-14-11(3,4)5/h8H,6-7H2,1-5H3. The van der Waals surface area contributed by atoms with Crippen LogP contribution in [0.3, 0.4) is 0 Å². The Morgan fingerprint density at radius 2 is 1.73 bits per heavy atom. The number of Topliss-reactive ketones (excluding diaryl/α,β-unsaturated/α-hetero) is 1. The molecule has 4 heteroatoms.